The molecule has 0 fully saturated rings. The van der Waals surface area contributed by atoms with Gasteiger partial charge in [0.2, 0.25) is 0 Å². The summed E-state index contributed by atoms with van der Waals surface area (Å²) in [5.74, 6) is 0.701. The van der Waals surface area contributed by atoms with E-state index in [1.807, 2.05) is 9.80 Å². The number of amides is 2. The third kappa shape index (κ3) is 47.0. The quantitative estimate of drug-likeness (QED) is 0.0354. The summed E-state index contributed by atoms with van der Waals surface area (Å²) in [6.07, 6.45) is 38.4. The summed E-state index contributed by atoms with van der Waals surface area (Å²) in [5.41, 5.74) is 0. The molecule has 1 N–H and O–H groups in total. The van der Waals surface area contributed by atoms with Gasteiger partial charge in [-0.15, -0.1) is 0 Å². The Kier molecular flexibility index (Phi) is 55.6. The fraction of sp³-hybridized carbons (Fsp3) is 0.938. The van der Waals surface area contributed by atoms with E-state index in [0.717, 1.165) is 122 Å². The molecule has 0 heterocycles. The number of aliphatic hydroxyl groups excluding tert-OH is 1. The molecule has 0 aromatic rings. The standard InChI is InChI=1S/C65H128N4O9/c1-8-15-21-23-25-35-47-68(49-37-27-33-44-62(71)77-58-60(40-29-17-10-3)41-30-18-11-4)64(73)75-56-53-67(52-51-66(14-7)46-39-55-70)54-57-76-65(74)69(48-36-26-24-22-16-9-2)50-38-28-34-45-63(72)78-59-61(42-31-19-12-5)43-32-20-13-6/h60-61,70H,8-59H2,1-7H3. The SMILES string of the molecule is CCCCCCCCN(CCCCCC(=O)OCC(CCCCC)CCCCC)C(=O)OCCN(CCOC(=O)N(CCCCCCCC)CCCCCC(=O)OCC(CCCCC)CCCCC)CCN(CC)CCCO. The highest BCUT2D eigenvalue weighted by molar-refractivity contribution is 5.70. The second kappa shape index (κ2) is 57.6. The van der Waals surface area contributed by atoms with Crippen LogP contribution in [0.4, 0.5) is 9.59 Å². The van der Waals surface area contributed by atoms with Gasteiger partial charge in [0.25, 0.3) is 0 Å². The summed E-state index contributed by atoms with van der Waals surface area (Å²) >= 11 is 0. The minimum absolute atomic E-state index is 0.105. The average Bonchev–Trinajstić information content (AvgIpc) is 3.43. The lowest BCUT2D eigenvalue weighted by Crippen LogP contribution is -2.41. The molecular weight excluding hydrogens is 981 g/mol. The number of nitrogens with zero attached hydrogens (tertiary/aromatic N) is 4. The van der Waals surface area contributed by atoms with Crippen LogP contribution in [-0.2, 0) is 28.5 Å². The third-order valence-electron chi connectivity index (χ3n) is 15.6. The second-order valence-electron chi connectivity index (χ2n) is 22.8. The molecule has 0 aromatic heterocycles. The van der Waals surface area contributed by atoms with Crippen LogP contribution in [0.15, 0.2) is 0 Å². The summed E-state index contributed by atoms with van der Waals surface area (Å²) < 4.78 is 23.6. The lowest BCUT2D eigenvalue weighted by atomic mass is 9.96. The summed E-state index contributed by atoms with van der Waals surface area (Å²) in [6.45, 7) is 23.8. The zero-order valence-corrected chi connectivity index (χ0v) is 52.4. The largest absolute Gasteiger partial charge is 0.465 e. The van der Waals surface area contributed by atoms with Gasteiger partial charge in [0.1, 0.15) is 13.2 Å². The highest BCUT2D eigenvalue weighted by Gasteiger charge is 2.20. The molecule has 462 valence electrons. The summed E-state index contributed by atoms with van der Waals surface area (Å²) in [4.78, 5) is 61.3. The van der Waals surface area contributed by atoms with Crippen LogP contribution in [0.1, 0.15) is 286 Å². The Morgan fingerprint density at radius 3 is 1.00 bits per heavy atom. The molecule has 2 amide bonds. The van der Waals surface area contributed by atoms with Crippen molar-refractivity contribution in [2.24, 2.45) is 11.8 Å². The van der Waals surface area contributed by atoms with E-state index >= 15 is 0 Å². The summed E-state index contributed by atoms with van der Waals surface area (Å²) in [6, 6.07) is 0. The van der Waals surface area contributed by atoms with E-state index in [1.165, 1.54) is 116 Å². The van der Waals surface area contributed by atoms with Gasteiger partial charge in [0, 0.05) is 78.4 Å². The van der Waals surface area contributed by atoms with E-state index in [-0.39, 0.29) is 43.9 Å². The van der Waals surface area contributed by atoms with E-state index < -0.39 is 0 Å². The van der Waals surface area contributed by atoms with Crippen molar-refractivity contribution in [1.82, 2.24) is 19.6 Å². The van der Waals surface area contributed by atoms with Crippen LogP contribution < -0.4 is 0 Å². The molecule has 0 saturated heterocycles. The van der Waals surface area contributed by atoms with Gasteiger partial charge in [-0.25, -0.2) is 9.59 Å². The number of aliphatic hydroxyl groups is 1. The molecule has 0 atom stereocenters. The first-order valence-electron chi connectivity index (χ1n) is 33.3. The van der Waals surface area contributed by atoms with Gasteiger partial charge in [0.05, 0.1) is 13.2 Å². The number of unbranched alkanes of at least 4 members (excludes halogenated alkanes) is 22. The zero-order valence-electron chi connectivity index (χ0n) is 52.4. The molecule has 0 aliphatic rings. The van der Waals surface area contributed by atoms with Crippen LogP contribution in [0.2, 0.25) is 0 Å². The van der Waals surface area contributed by atoms with Crippen LogP contribution in [0, 0.1) is 11.8 Å². The van der Waals surface area contributed by atoms with Crippen molar-refractivity contribution < 1.29 is 43.2 Å². The molecule has 0 aliphatic heterocycles. The monoisotopic (exact) mass is 1110 g/mol. The molecule has 0 spiro atoms. The molecule has 0 aliphatic carbocycles. The number of likely N-dealkylation sites (N-methyl/N-ethyl adjacent to an activating group) is 1. The topological polar surface area (TPSA) is 138 Å². The lowest BCUT2D eigenvalue weighted by molar-refractivity contribution is -0.146. The molecule has 0 aromatic carbocycles. The minimum Gasteiger partial charge on any atom is -0.465 e. The molecule has 78 heavy (non-hydrogen) atoms. The smallest absolute Gasteiger partial charge is 0.409 e. The van der Waals surface area contributed by atoms with Gasteiger partial charge in [-0.1, -0.05) is 203 Å². The van der Waals surface area contributed by atoms with Crippen molar-refractivity contribution in [3.05, 3.63) is 0 Å². The fourth-order valence-corrected chi connectivity index (χ4v) is 10.2. The Bertz CT molecular complexity index is 1230. The Balaban J connectivity index is 5.55. The van der Waals surface area contributed by atoms with Gasteiger partial charge < -0.3 is 38.8 Å². The molecular formula is C65H128N4O9. The maximum absolute atomic E-state index is 13.7. The second-order valence-corrected chi connectivity index (χ2v) is 22.8. The van der Waals surface area contributed by atoms with E-state index in [4.69, 9.17) is 18.9 Å². The number of carbonyl (C=O) groups excluding carboxylic acids is 4. The van der Waals surface area contributed by atoms with Crippen molar-refractivity contribution in [3.63, 3.8) is 0 Å². The third-order valence-corrected chi connectivity index (χ3v) is 15.6. The fourth-order valence-electron chi connectivity index (χ4n) is 10.2. The predicted octanol–water partition coefficient (Wildman–Crippen LogP) is 16.4. The van der Waals surface area contributed by atoms with Gasteiger partial charge in [-0.05, 0) is 89.0 Å². The molecule has 0 rings (SSSR count). The number of rotatable bonds is 59. The Hall–Kier alpha value is -2.64. The lowest BCUT2D eigenvalue weighted by Gasteiger charge is -2.28. The Morgan fingerprint density at radius 1 is 0.333 bits per heavy atom. The zero-order chi connectivity index (χ0) is 57.4. The number of carbonyl (C=O) groups is 4. The first-order valence-corrected chi connectivity index (χ1v) is 33.3. The van der Waals surface area contributed by atoms with Crippen molar-refractivity contribution in [1.29, 1.82) is 0 Å². The maximum atomic E-state index is 13.7. The highest BCUT2D eigenvalue weighted by atomic mass is 16.6. The number of hydrogen-bond donors (Lipinski definition) is 1. The first kappa shape index (κ1) is 75.4. The van der Waals surface area contributed by atoms with Crippen molar-refractivity contribution >= 4 is 24.1 Å². The summed E-state index contributed by atoms with van der Waals surface area (Å²) in [5, 5.41) is 9.53. The first-order chi connectivity index (χ1) is 38.1. The van der Waals surface area contributed by atoms with Crippen LogP contribution in [0.3, 0.4) is 0 Å². The van der Waals surface area contributed by atoms with Crippen LogP contribution in [0.25, 0.3) is 0 Å². The Labute approximate surface area is 481 Å². The minimum atomic E-state index is -0.295. The molecule has 0 unspecified atom stereocenters. The van der Waals surface area contributed by atoms with E-state index in [1.54, 1.807) is 0 Å². The van der Waals surface area contributed by atoms with Crippen molar-refractivity contribution in [3.8, 4) is 0 Å². The van der Waals surface area contributed by atoms with E-state index in [9.17, 15) is 24.3 Å². The van der Waals surface area contributed by atoms with Gasteiger partial charge in [0.15, 0.2) is 0 Å². The van der Waals surface area contributed by atoms with Crippen molar-refractivity contribution in [2.75, 3.05) is 98.5 Å². The number of ether oxygens (including phenoxy) is 4. The normalized spacial score (nSPS) is 11.6. The molecule has 0 radical (unpaired) electrons. The van der Waals surface area contributed by atoms with E-state index in [0.29, 0.717) is 90.1 Å². The average molecular weight is 1110 g/mol. The van der Waals surface area contributed by atoms with Crippen molar-refractivity contribution in [2.45, 2.75) is 286 Å². The molecule has 0 bridgehead atoms. The predicted molar refractivity (Wildman–Crippen MR) is 325 cm³/mol. The van der Waals surface area contributed by atoms with Crippen LogP contribution in [-0.4, -0.2) is 147 Å². The number of esters is 2. The van der Waals surface area contributed by atoms with Crippen LogP contribution >= 0.6 is 0 Å². The summed E-state index contributed by atoms with van der Waals surface area (Å²) in [7, 11) is 0. The molecule has 13 nitrogen and oxygen atoms in total. The van der Waals surface area contributed by atoms with E-state index in [2.05, 4.69) is 58.3 Å². The van der Waals surface area contributed by atoms with Gasteiger partial charge in [-0.2, -0.15) is 0 Å². The Morgan fingerprint density at radius 2 is 0.654 bits per heavy atom. The molecule has 13 heteroatoms. The molecule has 0 saturated carbocycles. The van der Waals surface area contributed by atoms with Gasteiger partial charge >= 0.3 is 24.1 Å². The van der Waals surface area contributed by atoms with Crippen LogP contribution in [0.5, 0.6) is 0 Å². The number of hydrogen-bond acceptors (Lipinski definition) is 11. The highest BCUT2D eigenvalue weighted by Crippen LogP contribution is 2.21. The maximum Gasteiger partial charge on any atom is 0.409 e. The van der Waals surface area contributed by atoms with Gasteiger partial charge in [-0.3, -0.25) is 14.5 Å².